The summed E-state index contributed by atoms with van der Waals surface area (Å²) >= 11 is 0. The van der Waals surface area contributed by atoms with Crippen molar-refractivity contribution in [3.05, 3.63) is 65.2 Å². The lowest BCUT2D eigenvalue weighted by Crippen LogP contribution is -1.90. The molecule has 2 N–H and O–H groups in total. The van der Waals surface area contributed by atoms with Crippen molar-refractivity contribution in [2.75, 3.05) is 5.73 Å². The fourth-order valence-corrected chi connectivity index (χ4v) is 1.50. The summed E-state index contributed by atoms with van der Waals surface area (Å²) in [6.07, 6.45) is 0. The Morgan fingerprint density at radius 3 is 1.78 bits per heavy atom. The van der Waals surface area contributed by atoms with Crippen LogP contribution in [-0.4, -0.2) is 5.78 Å². The molecule has 0 saturated heterocycles. The van der Waals surface area contributed by atoms with Gasteiger partial charge in [0.15, 0.2) is 5.78 Å². The standard InChI is InChI=1S/C16H13NO/c1-12(18)15-8-4-13(5-9-15)2-3-14-6-10-16(17)11-7-14/h4-11H,17H2,1H3. The highest BCUT2D eigenvalue weighted by Gasteiger charge is 1.96. The van der Waals surface area contributed by atoms with E-state index in [1.165, 1.54) is 0 Å². The Bertz CT molecular complexity index is 613. The van der Waals surface area contributed by atoms with Crippen molar-refractivity contribution >= 4 is 11.5 Å². The molecule has 0 atom stereocenters. The van der Waals surface area contributed by atoms with Gasteiger partial charge in [0.25, 0.3) is 0 Å². The smallest absolute Gasteiger partial charge is 0.159 e. The van der Waals surface area contributed by atoms with E-state index in [1.807, 2.05) is 36.4 Å². The fraction of sp³-hybridized carbons (Fsp3) is 0.0625. The van der Waals surface area contributed by atoms with E-state index in [0.717, 1.165) is 16.8 Å². The van der Waals surface area contributed by atoms with Crippen LogP contribution in [0.25, 0.3) is 0 Å². The predicted octanol–water partition coefficient (Wildman–Crippen LogP) is 2.87. The van der Waals surface area contributed by atoms with Crippen LogP contribution in [0.4, 0.5) is 5.69 Å². The summed E-state index contributed by atoms with van der Waals surface area (Å²) in [7, 11) is 0. The fourth-order valence-electron chi connectivity index (χ4n) is 1.50. The van der Waals surface area contributed by atoms with Crippen LogP contribution in [0.3, 0.4) is 0 Å². The lowest BCUT2D eigenvalue weighted by atomic mass is 10.1. The maximum atomic E-state index is 11.1. The third-order valence-corrected chi connectivity index (χ3v) is 2.55. The van der Waals surface area contributed by atoms with Crippen molar-refractivity contribution in [1.29, 1.82) is 0 Å². The Morgan fingerprint density at radius 2 is 1.33 bits per heavy atom. The van der Waals surface area contributed by atoms with Crippen LogP contribution in [0, 0.1) is 11.8 Å². The molecule has 2 heteroatoms. The SMILES string of the molecule is CC(=O)c1ccc(C#Cc2ccc(N)cc2)cc1. The average molecular weight is 235 g/mol. The third kappa shape index (κ3) is 2.99. The Labute approximate surface area is 106 Å². The van der Waals surface area contributed by atoms with E-state index in [-0.39, 0.29) is 5.78 Å². The van der Waals surface area contributed by atoms with Crippen molar-refractivity contribution in [3.63, 3.8) is 0 Å². The molecule has 0 unspecified atom stereocenters. The number of anilines is 1. The van der Waals surface area contributed by atoms with Gasteiger partial charge in [0.1, 0.15) is 0 Å². The van der Waals surface area contributed by atoms with E-state index >= 15 is 0 Å². The topological polar surface area (TPSA) is 43.1 Å². The second kappa shape index (κ2) is 5.20. The van der Waals surface area contributed by atoms with Crippen molar-refractivity contribution in [2.24, 2.45) is 0 Å². The molecule has 88 valence electrons. The van der Waals surface area contributed by atoms with E-state index in [1.54, 1.807) is 19.1 Å². The first-order valence-corrected chi connectivity index (χ1v) is 5.64. The first kappa shape index (κ1) is 11.9. The molecule has 0 spiro atoms. The molecule has 0 aliphatic heterocycles. The minimum Gasteiger partial charge on any atom is -0.399 e. The average Bonchev–Trinajstić information content (AvgIpc) is 2.38. The van der Waals surface area contributed by atoms with E-state index in [4.69, 9.17) is 5.73 Å². The molecule has 18 heavy (non-hydrogen) atoms. The zero-order valence-electron chi connectivity index (χ0n) is 10.1. The van der Waals surface area contributed by atoms with Gasteiger partial charge in [-0.05, 0) is 43.3 Å². The highest BCUT2D eigenvalue weighted by Crippen LogP contribution is 2.06. The Morgan fingerprint density at radius 1 is 0.889 bits per heavy atom. The highest BCUT2D eigenvalue weighted by molar-refractivity contribution is 5.94. The van der Waals surface area contributed by atoms with Gasteiger partial charge in [-0.2, -0.15) is 0 Å². The highest BCUT2D eigenvalue weighted by atomic mass is 16.1. The van der Waals surface area contributed by atoms with Gasteiger partial charge >= 0.3 is 0 Å². The lowest BCUT2D eigenvalue weighted by Gasteiger charge is -1.95. The van der Waals surface area contributed by atoms with Crippen LogP contribution >= 0.6 is 0 Å². The van der Waals surface area contributed by atoms with Crippen LogP contribution in [0.5, 0.6) is 0 Å². The summed E-state index contributed by atoms with van der Waals surface area (Å²) in [6.45, 7) is 1.55. The molecule has 0 amide bonds. The van der Waals surface area contributed by atoms with Crippen LogP contribution < -0.4 is 5.73 Å². The van der Waals surface area contributed by atoms with Crippen molar-refractivity contribution in [2.45, 2.75) is 6.92 Å². The van der Waals surface area contributed by atoms with Gasteiger partial charge in [0, 0.05) is 22.4 Å². The third-order valence-electron chi connectivity index (χ3n) is 2.55. The number of benzene rings is 2. The Balaban J connectivity index is 2.19. The summed E-state index contributed by atoms with van der Waals surface area (Å²) in [5, 5.41) is 0. The Hall–Kier alpha value is -2.53. The molecule has 0 aliphatic rings. The number of carbonyl (C=O) groups is 1. The lowest BCUT2D eigenvalue weighted by molar-refractivity contribution is 0.101. The molecular weight excluding hydrogens is 222 g/mol. The maximum Gasteiger partial charge on any atom is 0.159 e. The minimum atomic E-state index is 0.0630. The molecule has 0 radical (unpaired) electrons. The first-order chi connectivity index (χ1) is 8.65. The summed E-state index contributed by atoms with van der Waals surface area (Å²) in [6, 6.07) is 14.7. The van der Waals surface area contributed by atoms with E-state index in [9.17, 15) is 4.79 Å². The second-order valence-electron chi connectivity index (χ2n) is 4.01. The molecular formula is C16H13NO. The summed E-state index contributed by atoms with van der Waals surface area (Å²) in [5.74, 6) is 6.15. The van der Waals surface area contributed by atoms with Gasteiger partial charge in [-0.25, -0.2) is 0 Å². The molecule has 0 aliphatic carbocycles. The zero-order valence-corrected chi connectivity index (χ0v) is 10.1. The largest absolute Gasteiger partial charge is 0.399 e. The quantitative estimate of drug-likeness (QED) is 0.469. The monoisotopic (exact) mass is 235 g/mol. The number of nitrogen functional groups attached to an aromatic ring is 1. The minimum absolute atomic E-state index is 0.0630. The molecule has 0 heterocycles. The molecule has 2 rings (SSSR count). The molecule has 0 bridgehead atoms. The number of Topliss-reactive ketones (excluding diaryl/α,β-unsaturated/α-hetero) is 1. The van der Waals surface area contributed by atoms with E-state index in [2.05, 4.69) is 11.8 Å². The molecule has 2 nitrogen and oxygen atoms in total. The number of hydrogen-bond donors (Lipinski definition) is 1. The number of ketones is 1. The number of carbonyl (C=O) groups excluding carboxylic acids is 1. The predicted molar refractivity (Wildman–Crippen MR) is 73.3 cm³/mol. The second-order valence-corrected chi connectivity index (χ2v) is 4.01. The first-order valence-electron chi connectivity index (χ1n) is 5.64. The normalized spacial score (nSPS) is 9.39. The van der Waals surface area contributed by atoms with Gasteiger partial charge in [0.05, 0.1) is 0 Å². The van der Waals surface area contributed by atoms with Gasteiger partial charge in [0.2, 0.25) is 0 Å². The van der Waals surface area contributed by atoms with Crippen LogP contribution in [-0.2, 0) is 0 Å². The van der Waals surface area contributed by atoms with Crippen molar-refractivity contribution in [1.82, 2.24) is 0 Å². The zero-order chi connectivity index (χ0) is 13.0. The number of rotatable bonds is 1. The van der Waals surface area contributed by atoms with Crippen molar-refractivity contribution in [3.8, 4) is 11.8 Å². The molecule has 0 aromatic heterocycles. The number of hydrogen-bond acceptors (Lipinski definition) is 2. The van der Waals surface area contributed by atoms with Crippen LogP contribution in [0.15, 0.2) is 48.5 Å². The van der Waals surface area contributed by atoms with E-state index in [0.29, 0.717) is 5.56 Å². The summed E-state index contributed by atoms with van der Waals surface area (Å²) in [5.41, 5.74) is 8.83. The van der Waals surface area contributed by atoms with E-state index < -0.39 is 0 Å². The van der Waals surface area contributed by atoms with Crippen LogP contribution in [0.2, 0.25) is 0 Å². The number of nitrogens with two attached hydrogens (primary N) is 1. The summed E-state index contributed by atoms with van der Waals surface area (Å²) < 4.78 is 0. The summed E-state index contributed by atoms with van der Waals surface area (Å²) in [4.78, 5) is 11.1. The molecule has 2 aromatic carbocycles. The van der Waals surface area contributed by atoms with Crippen LogP contribution in [0.1, 0.15) is 28.4 Å². The maximum absolute atomic E-state index is 11.1. The van der Waals surface area contributed by atoms with Gasteiger partial charge in [-0.3, -0.25) is 4.79 Å². The van der Waals surface area contributed by atoms with Gasteiger partial charge < -0.3 is 5.73 Å². The molecule has 2 aromatic rings. The van der Waals surface area contributed by atoms with Gasteiger partial charge in [-0.1, -0.05) is 24.0 Å². The van der Waals surface area contributed by atoms with Crippen molar-refractivity contribution < 1.29 is 4.79 Å². The molecule has 0 fully saturated rings. The molecule has 0 saturated carbocycles. The Kier molecular flexibility index (Phi) is 3.45. The van der Waals surface area contributed by atoms with Gasteiger partial charge in [-0.15, -0.1) is 0 Å².